The number of carbonyl (C=O) groups is 3. The number of fused-ring (bicyclic) bond motifs is 1. The quantitative estimate of drug-likeness (QED) is 0.568. The molecule has 0 aromatic heterocycles. The first-order valence-corrected chi connectivity index (χ1v) is 12.5. The van der Waals surface area contributed by atoms with Gasteiger partial charge in [-0.25, -0.2) is 9.59 Å². The lowest BCUT2D eigenvalue weighted by atomic mass is 10.0. The summed E-state index contributed by atoms with van der Waals surface area (Å²) >= 11 is 12.4. The summed E-state index contributed by atoms with van der Waals surface area (Å²) in [6.07, 6.45) is 0.821. The normalized spacial score (nSPS) is 17.3. The fraction of sp³-hybridized carbons (Fsp3) is 0.423. The molecule has 3 amide bonds. The molecule has 0 aliphatic carbocycles. The molecule has 2 aromatic carbocycles. The zero-order valence-electron chi connectivity index (χ0n) is 19.9. The van der Waals surface area contributed by atoms with Gasteiger partial charge in [-0.05, 0) is 68.0 Å². The summed E-state index contributed by atoms with van der Waals surface area (Å²) < 4.78 is 5.59. The second-order valence-corrected chi connectivity index (χ2v) is 9.93. The topological polar surface area (TPSA) is 79.0 Å². The molecular formula is C26H29Cl2N3O4. The van der Waals surface area contributed by atoms with E-state index in [9.17, 15) is 14.4 Å². The molecule has 7 nitrogen and oxygen atoms in total. The first kappa shape index (κ1) is 25.3. The Kier molecular flexibility index (Phi) is 7.87. The van der Waals surface area contributed by atoms with Gasteiger partial charge in [-0.1, -0.05) is 41.4 Å². The number of Topliss-reactive ketones (excluding diaryl/α,β-unsaturated/α-hetero) is 1. The van der Waals surface area contributed by atoms with Crippen molar-refractivity contribution in [3.63, 3.8) is 0 Å². The highest BCUT2D eigenvalue weighted by Gasteiger charge is 2.33. The fourth-order valence-corrected chi connectivity index (χ4v) is 5.12. The van der Waals surface area contributed by atoms with E-state index in [1.807, 2.05) is 36.1 Å². The van der Waals surface area contributed by atoms with Gasteiger partial charge in [0.25, 0.3) is 0 Å². The zero-order valence-corrected chi connectivity index (χ0v) is 21.4. The number of rotatable bonds is 5. The number of urea groups is 1. The highest BCUT2D eigenvalue weighted by atomic mass is 35.5. The lowest BCUT2D eigenvalue weighted by molar-refractivity contribution is -0.125. The Morgan fingerprint density at radius 2 is 1.77 bits per heavy atom. The Morgan fingerprint density at radius 1 is 1.11 bits per heavy atom. The number of nitrogens with one attached hydrogen (secondary N) is 1. The number of hydrogen-bond acceptors (Lipinski definition) is 4. The molecular weight excluding hydrogens is 489 g/mol. The van der Waals surface area contributed by atoms with Crippen molar-refractivity contribution in [1.82, 2.24) is 9.80 Å². The molecule has 2 heterocycles. The predicted octanol–water partition coefficient (Wildman–Crippen LogP) is 5.49. The largest absolute Gasteiger partial charge is 0.438 e. The van der Waals surface area contributed by atoms with Crippen LogP contribution in [-0.4, -0.2) is 59.5 Å². The molecule has 0 bridgehead atoms. The van der Waals surface area contributed by atoms with Crippen LogP contribution in [0.4, 0.5) is 15.3 Å². The first-order valence-electron chi connectivity index (χ1n) is 11.8. The Labute approximate surface area is 215 Å². The van der Waals surface area contributed by atoms with E-state index in [0.29, 0.717) is 42.5 Å². The van der Waals surface area contributed by atoms with Gasteiger partial charge in [0, 0.05) is 47.8 Å². The van der Waals surface area contributed by atoms with Crippen LogP contribution in [0.15, 0.2) is 36.4 Å². The number of likely N-dealkylation sites (tertiary alicyclic amines) is 1. The molecule has 0 radical (unpaired) electrons. The van der Waals surface area contributed by atoms with Gasteiger partial charge >= 0.3 is 12.1 Å². The molecule has 0 unspecified atom stereocenters. The Balaban J connectivity index is 1.33. The summed E-state index contributed by atoms with van der Waals surface area (Å²) in [5.74, 6) is -0.248. The van der Waals surface area contributed by atoms with Crippen LogP contribution in [0.5, 0.6) is 0 Å². The standard InChI is InChI=1S/C26H29Cl2N3O4/c1-16-21(27)13-18(14-22(16)28)15-24(17(2)32)35-26(34)30-10-8-20(9-11-30)31-12-7-19-5-3-4-6-23(19)29-25(31)33/h3-6,13-14,20,24H,7-12,15H2,1-2H3,(H,29,33)/t24-/m1/s1. The average Bonchev–Trinajstić information content (AvgIpc) is 3.00. The summed E-state index contributed by atoms with van der Waals surface area (Å²) in [5.41, 5.74) is 3.46. The number of ketones is 1. The summed E-state index contributed by atoms with van der Waals surface area (Å²) in [7, 11) is 0. The van der Waals surface area contributed by atoms with Crippen LogP contribution >= 0.6 is 23.2 Å². The number of benzene rings is 2. The Morgan fingerprint density at radius 3 is 2.43 bits per heavy atom. The number of nitrogens with zero attached hydrogens (tertiary/aromatic N) is 2. The minimum Gasteiger partial charge on any atom is -0.438 e. The van der Waals surface area contributed by atoms with Gasteiger partial charge in [0.2, 0.25) is 0 Å². The Bertz CT molecular complexity index is 1110. The van der Waals surface area contributed by atoms with E-state index in [-0.39, 0.29) is 24.3 Å². The molecule has 1 N–H and O–H groups in total. The average molecular weight is 518 g/mol. The van der Waals surface area contributed by atoms with Crippen LogP contribution in [0.3, 0.4) is 0 Å². The minimum absolute atomic E-state index is 0.0359. The van der Waals surface area contributed by atoms with Crippen molar-refractivity contribution in [2.75, 3.05) is 25.0 Å². The fourth-order valence-electron chi connectivity index (χ4n) is 4.59. The maximum Gasteiger partial charge on any atom is 0.410 e. The highest BCUT2D eigenvalue weighted by Crippen LogP contribution is 2.27. The maximum absolute atomic E-state index is 12.8. The smallest absolute Gasteiger partial charge is 0.410 e. The van der Waals surface area contributed by atoms with Crippen molar-refractivity contribution < 1.29 is 19.1 Å². The number of halogens is 2. The molecule has 1 atom stereocenters. The number of para-hydroxylation sites is 1. The van der Waals surface area contributed by atoms with E-state index in [2.05, 4.69) is 5.32 Å². The molecule has 0 spiro atoms. The molecule has 1 saturated heterocycles. The van der Waals surface area contributed by atoms with Crippen molar-refractivity contribution >= 4 is 46.8 Å². The molecule has 0 saturated carbocycles. The number of hydrogen-bond donors (Lipinski definition) is 1. The number of anilines is 1. The number of piperidine rings is 1. The van der Waals surface area contributed by atoms with Crippen LogP contribution in [0.25, 0.3) is 0 Å². The predicted molar refractivity (Wildman–Crippen MR) is 136 cm³/mol. The van der Waals surface area contributed by atoms with Gasteiger partial charge in [0.1, 0.15) is 0 Å². The van der Waals surface area contributed by atoms with Crippen molar-refractivity contribution in [3.05, 3.63) is 63.1 Å². The second kappa shape index (κ2) is 10.9. The van der Waals surface area contributed by atoms with Crippen molar-refractivity contribution in [2.45, 2.75) is 51.7 Å². The lowest BCUT2D eigenvalue weighted by Gasteiger charge is -2.37. The monoisotopic (exact) mass is 517 g/mol. The van der Waals surface area contributed by atoms with Crippen LogP contribution in [-0.2, 0) is 22.4 Å². The molecule has 1 fully saturated rings. The van der Waals surface area contributed by atoms with Gasteiger partial charge < -0.3 is 19.9 Å². The maximum atomic E-state index is 12.8. The third-order valence-corrected chi connectivity index (χ3v) is 7.55. The lowest BCUT2D eigenvalue weighted by Crippen LogP contribution is -2.50. The van der Waals surface area contributed by atoms with Crippen LogP contribution in [0.2, 0.25) is 10.0 Å². The molecule has 9 heteroatoms. The summed E-state index contributed by atoms with van der Waals surface area (Å²) in [5, 5.41) is 4.01. The van der Waals surface area contributed by atoms with Gasteiger partial charge in [-0.15, -0.1) is 0 Å². The highest BCUT2D eigenvalue weighted by molar-refractivity contribution is 6.36. The van der Waals surface area contributed by atoms with Gasteiger partial charge in [-0.2, -0.15) is 0 Å². The van der Waals surface area contributed by atoms with Crippen molar-refractivity contribution in [3.8, 4) is 0 Å². The van der Waals surface area contributed by atoms with E-state index in [4.69, 9.17) is 27.9 Å². The molecule has 186 valence electrons. The molecule has 2 aliphatic rings. The minimum atomic E-state index is -0.926. The number of ether oxygens (including phenoxy) is 1. The third kappa shape index (κ3) is 5.90. The molecule has 2 aliphatic heterocycles. The van der Waals surface area contributed by atoms with Crippen LogP contribution in [0.1, 0.15) is 36.5 Å². The van der Waals surface area contributed by atoms with Crippen molar-refractivity contribution in [1.29, 1.82) is 0 Å². The van der Waals surface area contributed by atoms with E-state index < -0.39 is 12.2 Å². The molecule has 2 aromatic rings. The first-order chi connectivity index (χ1) is 16.7. The second-order valence-electron chi connectivity index (χ2n) is 9.12. The Hall–Kier alpha value is -2.77. The number of amides is 3. The zero-order chi connectivity index (χ0) is 25.1. The van der Waals surface area contributed by atoms with Crippen LogP contribution in [0, 0.1) is 6.92 Å². The van der Waals surface area contributed by atoms with E-state index in [0.717, 1.165) is 28.8 Å². The molecule has 4 rings (SSSR count). The SMILES string of the molecule is CC(=O)[C@@H](Cc1cc(Cl)c(C)c(Cl)c1)OC(=O)N1CCC(N2CCc3ccccc3NC2=O)CC1. The third-order valence-electron chi connectivity index (χ3n) is 6.76. The van der Waals surface area contributed by atoms with Crippen LogP contribution < -0.4 is 5.32 Å². The van der Waals surface area contributed by atoms with E-state index in [1.54, 1.807) is 17.0 Å². The van der Waals surface area contributed by atoms with E-state index in [1.165, 1.54) is 6.92 Å². The molecule has 35 heavy (non-hydrogen) atoms. The van der Waals surface area contributed by atoms with Gasteiger partial charge in [0.05, 0.1) is 0 Å². The summed E-state index contributed by atoms with van der Waals surface area (Å²) in [6.45, 7) is 4.75. The van der Waals surface area contributed by atoms with Gasteiger partial charge in [0.15, 0.2) is 11.9 Å². The number of carbonyl (C=O) groups excluding carboxylic acids is 3. The van der Waals surface area contributed by atoms with E-state index >= 15 is 0 Å². The van der Waals surface area contributed by atoms with Gasteiger partial charge in [-0.3, -0.25) is 4.79 Å². The summed E-state index contributed by atoms with van der Waals surface area (Å²) in [4.78, 5) is 41.3. The van der Waals surface area contributed by atoms with Crippen molar-refractivity contribution in [2.24, 2.45) is 0 Å². The summed E-state index contributed by atoms with van der Waals surface area (Å²) in [6, 6.07) is 11.2.